The number of nitrogens with one attached hydrogen (secondary N) is 1. The number of hydrogen-bond donors (Lipinski definition) is 2. The maximum absolute atomic E-state index is 8.95. The molecule has 1 atom stereocenters. The largest absolute Gasteiger partial charge is 0.490 e. The van der Waals surface area contributed by atoms with Gasteiger partial charge in [-0.2, -0.15) is 0 Å². The lowest BCUT2D eigenvalue weighted by Crippen LogP contribution is -2.35. The van der Waals surface area contributed by atoms with E-state index >= 15 is 0 Å². The molecule has 1 aromatic rings. The third kappa shape index (κ3) is 3.70. The highest BCUT2D eigenvalue weighted by molar-refractivity contribution is 6.32. The Hall–Kier alpha value is -0.770. The lowest BCUT2D eigenvalue weighted by molar-refractivity contribution is 0.189. The van der Waals surface area contributed by atoms with Crippen molar-refractivity contribution in [2.75, 3.05) is 20.3 Å². The summed E-state index contributed by atoms with van der Waals surface area (Å²) in [7, 11) is 1.78. The molecule has 4 heteroatoms. The van der Waals surface area contributed by atoms with Gasteiger partial charge in [-0.25, -0.2) is 0 Å². The minimum absolute atomic E-state index is 0.0416. The van der Waals surface area contributed by atoms with Crippen LogP contribution in [-0.4, -0.2) is 31.4 Å². The Labute approximate surface area is 95.0 Å². The molecule has 0 radical (unpaired) electrons. The second kappa shape index (κ2) is 5.95. The van der Waals surface area contributed by atoms with Gasteiger partial charge in [-0.3, -0.25) is 0 Å². The number of aryl methyl sites for hydroxylation is 1. The topological polar surface area (TPSA) is 41.5 Å². The summed E-state index contributed by atoms with van der Waals surface area (Å²) in [5.41, 5.74) is 1.10. The van der Waals surface area contributed by atoms with Crippen LogP contribution in [0, 0.1) is 6.92 Å². The molecular weight excluding hydrogens is 214 g/mol. The van der Waals surface area contributed by atoms with Crippen LogP contribution in [0.2, 0.25) is 5.02 Å². The van der Waals surface area contributed by atoms with E-state index in [1.54, 1.807) is 13.1 Å². The molecule has 0 saturated carbocycles. The molecule has 0 aliphatic carbocycles. The Kier molecular flexibility index (Phi) is 4.88. The van der Waals surface area contributed by atoms with Crippen molar-refractivity contribution in [3.63, 3.8) is 0 Å². The van der Waals surface area contributed by atoms with Gasteiger partial charge in [0.25, 0.3) is 0 Å². The van der Waals surface area contributed by atoms with Crippen LogP contribution in [0.4, 0.5) is 0 Å². The molecule has 1 rings (SSSR count). The highest BCUT2D eigenvalue weighted by atomic mass is 35.5. The van der Waals surface area contributed by atoms with Crippen LogP contribution in [0.25, 0.3) is 0 Å². The summed E-state index contributed by atoms with van der Waals surface area (Å²) in [6.07, 6.45) is 0. The van der Waals surface area contributed by atoms with E-state index in [0.717, 1.165) is 5.56 Å². The van der Waals surface area contributed by atoms with Gasteiger partial charge in [0.2, 0.25) is 0 Å². The molecular formula is C11H16ClNO2. The number of aliphatic hydroxyl groups excluding tert-OH is 1. The number of hydrogen-bond acceptors (Lipinski definition) is 3. The molecule has 1 aromatic carbocycles. The average Bonchev–Trinajstić information content (AvgIpc) is 2.24. The first-order chi connectivity index (χ1) is 7.17. The van der Waals surface area contributed by atoms with Crippen molar-refractivity contribution in [1.82, 2.24) is 5.32 Å². The van der Waals surface area contributed by atoms with Crippen LogP contribution in [0.5, 0.6) is 5.75 Å². The van der Waals surface area contributed by atoms with Gasteiger partial charge >= 0.3 is 0 Å². The van der Waals surface area contributed by atoms with E-state index in [9.17, 15) is 0 Å². The van der Waals surface area contributed by atoms with Crippen molar-refractivity contribution in [1.29, 1.82) is 0 Å². The summed E-state index contributed by atoms with van der Waals surface area (Å²) in [5.74, 6) is 0.658. The zero-order valence-electron chi connectivity index (χ0n) is 8.96. The lowest BCUT2D eigenvalue weighted by atomic mass is 10.2. The summed E-state index contributed by atoms with van der Waals surface area (Å²) in [5, 5.41) is 12.5. The van der Waals surface area contributed by atoms with Gasteiger partial charge in [-0.15, -0.1) is 0 Å². The minimum Gasteiger partial charge on any atom is -0.490 e. The standard InChI is InChI=1S/C11H16ClNO2/c1-8-3-4-10(12)11(5-8)15-7-9(6-14)13-2/h3-5,9,13-14H,6-7H2,1-2H3. The average molecular weight is 230 g/mol. The van der Waals surface area contributed by atoms with Crippen molar-refractivity contribution < 1.29 is 9.84 Å². The third-order valence-electron chi connectivity index (χ3n) is 2.16. The maximum atomic E-state index is 8.95. The molecule has 15 heavy (non-hydrogen) atoms. The van der Waals surface area contributed by atoms with Gasteiger partial charge in [0, 0.05) is 0 Å². The van der Waals surface area contributed by atoms with E-state index in [0.29, 0.717) is 17.4 Å². The fourth-order valence-electron chi connectivity index (χ4n) is 1.14. The van der Waals surface area contributed by atoms with Crippen molar-refractivity contribution in [2.45, 2.75) is 13.0 Å². The van der Waals surface area contributed by atoms with Gasteiger partial charge in [0.1, 0.15) is 12.4 Å². The predicted molar refractivity (Wildman–Crippen MR) is 61.6 cm³/mol. The van der Waals surface area contributed by atoms with Crippen LogP contribution in [-0.2, 0) is 0 Å². The van der Waals surface area contributed by atoms with Crippen LogP contribution < -0.4 is 10.1 Å². The highest BCUT2D eigenvalue weighted by Crippen LogP contribution is 2.25. The van der Waals surface area contributed by atoms with E-state index in [-0.39, 0.29) is 12.6 Å². The molecule has 0 heterocycles. The van der Waals surface area contributed by atoms with Gasteiger partial charge in [0.15, 0.2) is 0 Å². The number of rotatable bonds is 5. The first-order valence-corrected chi connectivity index (χ1v) is 5.22. The third-order valence-corrected chi connectivity index (χ3v) is 2.47. The summed E-state index contributed by atoms with van der Waals surface area (Å²) < 4.78 is 5.51. The SMILES string of the molecule is CNC(CO)COc1cc(C)ccc1Cl. The number of likely N-dealkylation sites (N-methyl/N-ethyl adjacent to an activating group) is 1. The van der Waals surface area contributed by atoms with Crippen LogP contribution >= 0.6 is 11.6 Å². The first kappa shape index (κ1) is 12.3. The van der Waals surface area contributed by atoms with Crippen molar-refractivity contribution in [3.05, 3.63) is 28.8 Å². The normalized spacial score (nSPS) is 12.5. The molecule has 1 unspecified atom stereocenters. The number of benzene rings is 1. The first-order valence-electron chi connectivity index (χ1n) is 4.84. The van der Waals surface area contributed by atoms with E-state index < -0.39 is 0 Å². The second-order valence-electron chi connectivity index (χ2n) is 3.41. The molecule has 0 aliphatic heterocycles. The molecule has 2 N–H and O–H groups in total. The molecule has 0 aromatic heterocycles. The zero-order valence-corrected chi connectivity index (χ0v) is 9.71. The van der Waals surface area contributed by atoms with Gasteiger partial charge in [-0.05, 0) is 31.7 Å². The Morgan fingerprint density at radius 2 is 2.27 bits per heavy atom. The van der Waals surface area contributed by atoms with E-state index in [4.69, 9.17) is 21.4 Å². The van der Waals surface area contributed by atoms with E-state index in [2.05, 4.69) is 5.32 Å². The predicted octanol–water partition coefficient (Wildman–Crippen LogP) is 1.61. The molecule has 0 saturated heterocycles. The van der Waals surface area contributed by atoms with Gasteiger partial charge in [-0.1, -0.05) is 17.7 Å². The molecule has 0 spiro atoms. The highest BCUT2D eigenvalue weighted by Gasteiger charge is 2.07. The molecule has 0 fully saturated rings. The Morgan fingerprint density at radius 1 is 1.53 bits per heavy atom. The Balaban J connectivity index is 2.60. The van der Waals surface area contributed by atoms with Gasteiger partial charge < -0.3 is 15.2 Å². The fourth-order valence-corrected chi connectivity index (χ4v) is 1.31. The number of halogens is 1. The number of aliphatic hydroxyl groups is 1. The van der Waals surface area contributed by atoms with Crippen LogP contribution in [0.15, 0.2) is 18.2 Å². The van der Waals surface area contributed by atoms with Crippen LogP contribution in [0.1, 0.15) is 5.56 Å². The summed E-state index contributed by atoms with van der Waals surface area (Å²) in [6, 6.07) is 5.55. The Bertz CT molecular complexity index is 313. The molecule has 0 bridgehead atoms. The quantitative estimate of drug-likeness (QED) is 0.806. The fraction of sp³-hybridized carbons (Fsp3) is 0.455. The lowest BCUT2D eigenvalue weighted by Gasteiger charge is -2.15. The van der Waals surface area contributed by atoms with Gasteiger partial charge in [0.05, 0.1) is 17.7 Å². The number of ether oxygens (including phenoxy) is 1. The molecule has 0 amide bonds. The summed E-state index contributed by atoms with van der Waals surface area (Å²) in [4.78, 5) is 0. The van der Waals surface area contributed by atoms with E-state index in [1.165, 1.54) is 0 Å². The monoisotopic (exact) mass is 229 g/mol. The molecule has 84 valence electrons. The van der Waals surface area contributed by atoms with Crippen molar-refractivity contribution >= 4 is 11.6 Å². The minimum atomic E-state index is -0.0680. The van der Waals surface area contributed by atoms with E-state index in [1.807, 2.05) is 19.1 Å². The molecule has 3 nitrogen and oxygen atoms in total. The molecule has 0 aliphatic rings. The summed E-state index contributed by atoms with van der Waals surface area (Å²) >= 11 is 5.96. The summed E-state index contributed by atoms with van der Waals surface area (Å²) in [6.45, 7) is 2.42. The Morgan fingerprint density at radius 3 is 2.87 bits per heavy atom. The van der Waals surface area contributed by atoms with Crippen molar-refractivity contribution in [2.24, 2.45) is 0 Å². The van der Waals surface area contributed by atoms with Crippen LogP contribution in [0.3, 0.4) is 0 Å². The zero-order chi connectivity index (χ0) is 11.3. The maximum Gasteiger partial charge on any atom is 0.138 e. The second-order valence-corrected chi connectivity index (χ2v) is 3.82. The van der Waals surface area contributed by atoms with Crippen molar-refractivity contribution in [3.8, 4) is 5.75 Å². The smallest absolute Gasteiger partial charge is 0.138 e.